The largest absolute Gasteiger partial charge is 0.270 e. The third-order valence-electron chi connectivity index (χ3n) is 0.795. The Morgan fingerprint density at radius 2 is 2.22 bits per heavy atom. The van der Waals surface area contributed by atoms with Crippen molar-refractivity contribution in [3.63, 3.8) is 0 Å². The minimum atomic E-state index is 0.313. The quantitative estimate of drug-likeness (QED) is 0.528. The lowest BCUT2D eigenvalue weighted by Crippen LogP contribution is -2.11. The molecule has 0 aromatic carbocycles. The van der Waals surface area contributed by atoms with Crippen LogP contribution in [0.25, 0.3) is 0 Å². The fraction of sp³-hybridized carbons (Fsp3) is 0.250. The van der Waals surface area contributed by atoms with Crippen molar-refractivity contribution >= 4 is 40.1 Å². The van der Waals surface area contributed by atoms with Crippen molar-refractivity contribution in [1.82, 2.24) is 4.42 Å². The first kappa shape index (κ1) is 7.19. The summed E-state index contributed by atoms with van der Waals surface area (Å²) in [7, 11) is 0. The van der Waals surface area contributed by atoms with Crippen LogP contribution in [0.3, 0.4) is 0 Å². The third-order valence-corrected chi connectivity index (χ3v) is 1.70. The van der Waals surface area contributed by atoms with Crippen LogP contribution < -0.4 is 0 Å². The van der Waals surface area contributed by atoms with Crippen molar-refractivity contribution < 1.29 is 0 Å². The minimum absolute atomic E-state index is 0.313. The summed E-state index contributed by atoms with van der Waals surface area (Å²) >= 11 is 16.5. The van der Waals surface area contributed by atoms with Crippen molar-refractivity contribution in [1.29, 1.82) is 0 Å². The molecule has 9 heavy (non-hydrogen) atoms. The molecule has 50 valence electrons. The molecule has 1 aliphatic heterocycles. The molecule has 1 aliphatic rings. The van der Waals surface area contributed by atoms with Crippen molar-refractivity contribution in [2.24, 2.45) is 4.99 Å². The van der Waals surface area contributed by atoms with Crippen molar-refractivity contribution in [2.75, 3.05) is 6.67 Å². The van der Waals surface area contributed by atoms with Crippen LogP contribution in [0, 0.1) is 0 Å². The zero-order valence-corrected chi connectivity index (χ0v) is 6.58. The molecule has 0 aliphatic carbocycles. The highest BCUT2D eigenvalue weighted by Gasteiger charge is 2.07. The highest BCUT2D eigenvalue weighted by molar-refractivity contribution is 6.76. The molecule has 1 heterocycles. The van der Waals surface area contributed by atoms with E-state index in [-0.39, 0.29) is 0 Å². The van der Waals surface area contributed by atoms with E-state index in [1.54, 1.807) is 0 Å². The summed E-state index contributed by atoms with van der Waals surface area (Å²) in [6.45, 7) is 0.358. The van der Waals surface area contributed by atoms with Crippen LogP contribution in [0.5, 0.6) is 0 Å². The average molecular weight is 185 g/mol. The number of hydrogen-bond acceptors (Lipinski definition) is 2. The summed E-state index contributed by atoms with van der Waals surface area (Å²) in [5, 5.41) is 0.687. The summed E-state index contributed by atoms with van der Waals surface area (Å²) in [5.41, 5.74) is 0. The van der Waals surface area contributed by atoms with Crippen LogP contribution >= 0.6 is 35.0 Å². The second kappa shape index (κ2) is 2.78. The first-order chi connectivity index (χ1) is 4.20. The number of allylic oxidation sites excluding steroid dienone is 1. The van der Waals surface area contributed by atoms with E-state index in [1.807, 2.05) is 0 Å². The number of halogens is 3. The summed E-state index contributed by atoms with van der Waals surface area (Å²) in [4.78, 5) is 3.77. The fourth-order valence-electron chi connectivity index (χ4n) is 0.422. The number of rotatable bonds is 0. The Bertz CT molecular complexity index is 175. The minimum Gasteiger partial charge on any atom is -0.270 e. The topological polar surface area (TPSA) is 15.6 Å². The molecule has 0 saturated carbocycles. The third kappa shape index (κ3) is 1.75. The molecule has 0 atom stereocenters. The molecule has 0 saturated heterocycles. The standard InChI is InChI=1S/C4H3Cl3N2/c5-3-1-9(7)2-8-4(3)6/h1H,2H2. The summed E-state index contributed by atoms with van der Waals surface area (Å²) in [6, 6.07) is 0. The maximum atomic E-state index is 5.53. The zero-order valence-electron chi connectivity index (χ0n) is 4.31. The van der Waals surface area contributed by atoms with Gasteiger partial charge in [-0.1, -0.05) is 23.2 Å². The molecule has 0 aromatic heterocycles. The predicted molar refractivity (Wildman–Crippen MR) is 39.8 cm³/mol. The Labute approximate surface area is 67.8 Å². The molecule has 0 aromatic rings. The Kier molecular flexibility index (Phi) is 2.22. The van der Waals surface area contributed by atoms with Gasteiger partial charge < -0.3 is 0 Å². The number of aliphatic imine (C=N–C) groups is 1. The van der Waals surface area contributed by atoms with Crippen LogP contribution in [0.2, 0.25) is 0 Å². The Hall–Kier alpha value is 0.0800. The average Bonchev–Trinajstić information content (AvgIpc) is 1.80. The van der Waals surface area contributed by atoms with E-state index >= 15 is 0 Å². The van der Waals surface area contributed by atoms with E-state index in [9.17, 15) is 0 Å². The molecular formula is C4H3Cl3N2. The van der Waals surface area contributed by atoms with Gasteiger partial charge in [-0.2, -0.15) is 0 Å². The van der Waals surface area contributed by atoms with Gasteiger partial charge in [0.05, 0.1) is 5.03 Å². The van der Waals surface area contributed by atoms with Gasteiger partial charge >= 0.3 is 0 Å². The van der Waals surface area contributed by atoms with Gasteiger partial charge in [0.1, 0.15) is 11.8 Å². The smallest absolute Gasteiger partial charge is 0.145 e. The van der Waals surface area contributed by atoms with Gasteiger partial charge in [-0.05, 0) is 0 Å². The summed E-state index contributed by atoms with van der Waals surface area (Å²) in [5.74, 6) is 0. The summed E-state index contributed by atoms with van der Waals surface area (Å²) in [6.07, 6.45) is 1.51. The van der Waals surface area contributed by atoms with Crippen LogP contribution in [0.15, 0.2) is 16.2 Å². The van der Waals surface area contributed by atoms with Gasteiger partial charge in [0.2, 0.25) is 0 Å². The number of hydrogen-bond donors (Lipinski definition) is 0. The maximum Gasteiger partial charge on any atom is 0.145 e. The molecule has 0 unspecified atom stereocenters. The van der Waals surface area contributed by atoms with E-state index in [0.717, 1.165) is 0 Å². The number of nitrogens with zero attached hydrogens (tertiary/aromatic N) is 2. The lowest BCUT2D eigenvalue weighted by molar-refractivity contribution is 0.616. The lowest BCUT2D eigenvalue weighted by Gasteiger charge is -2.12. The normalized spacial score (nSPS) is 19.2. The fourth-order valence-corrected chi connectivity index (χ4v) is 0.903. The molecule has 0 bridgehead atoms. The van der Waals surface area contributed by atoms with Crippen molar-refractivity contribution in [3.8, 4) is 0 Å². The zero-order chi connectivity index (χ0) is 6.85. The Morgan fingerprint density at radius 1 is 1.56 bits per heavy atom. The van der Waals surface area contributed by atoms with E-state index in [2.05, 4.69) is 4.99 Å². The van der Waals surface area contributed by atoms with E-state index in [0.29, 0.717) is 16.9 Å². The SMILES string of the molecule is ClC1=CN(Cl)CN=C1Cl. The molecule has 1 rings (SSSR count). The van der Waals surface area contributed by atoms with Gasteiger partial charge in [-0.25, -0.2) is 4.99 Å². The molecule has 0 fully saturated rings. The van der Waals surface area contributed by atoms with Crippen molar-refractivity contribution in [3.05, 3.63) is 11.2 Å². The first-order valence-electron chi connectivity index (χ1n) is 2.20. The van der Waals surface area contributed by atoms with Gasteiger partial charge in [0, 0.05) is 18.0 Å². The maximum absolute atomic E-state index is 5.53. The van der Waals surface area contributed by atoms with Crippen LogP contribution in [0.4, 0.5) is 0 Å². The predicted octanol–water partition coefficient (Wildman–Crippen LogP) is 2.13. The van der Waals surface area contributed by atoms with E-state index < -0.39 is 0 Å². The highest BCUT2D eigenvalue weighted by Crippen LogP contribution is 2.15. The molecular weight excluding hydrogens is 182 g/mol. The Balaban J connectivity index is 2.75. The molecule has 0 spiro atoms. The van der Waals surface area contributed by atoms with Gasteiger partial charge in [-0.15, -0.1) is 0 Å². The molecule has 0 radical (unpaired) electrons. The van der Waals surface area contributed by atoms with Crippen LogP contribution in [-0.2, 0) is 0 Å². The highest BCUT2D eigenvalue weighted by atomic mass is 35.5. The van der Waals surface area contributed by atoms with Gasteiger partial charge in [0.25, 0.3) is 0 Å². The van der Waals surface area contributed by atoms with Crippen LogP contribution in [-0.4, -0.2) is 16.3 Å². The van der Waals surface area contributed by atoms with Gasteiger partial charge in [0.15, 0.2) is 0 Å². The summed E-state index contributed by atoms with van der Waals surface area (Å²) < 4.78 is 1.33. The molecule has 2 nitrogen and oxygen atoms in total. The lowest BCUT2D eigenvalue weighted by atomic mass is 10.6. The molecule has 5 heteroatoms. The monoisotopic (exact) mass is 184 g/mol. The second-order valence-electron chi connectivity index (χ2n) is 1.47. The molecule has 0 N–H and O–H groups in total. The van der Waals surface area contributed by atoms with E-state index in [4.69, 9.17) is 35.0 Å². The van der Waals surface area contributed by atoms with E-state index in [1.165, 1.54) is 10.6 Å². The second-order valence-corrected chi connectivity index (χ2v) is 2.67. The Morgan fingerprint density at radius 3 is 2.67 bits per heavy atom. The van der Waals surface area contributed by atoms with Gasteiger partial charge in [-0.3, -0.25) is 4.42 Å². The first-order valence-corrected chi connectivity index (χ1v) is 3.29. The van der Waals surface area contributed by atoms with Crippen LogP contribution in [0.1, 0.15) is 0 Å². The molecule has 0 amide bonds. The van der Waals surface area contributed by atoms with Crippen molar-refractivity contribution in [2.45, 2.75) is 0 Å².